The van der Waals surface area contributed by atoms with Crippen molar-refractivity contribution in [3.8, 4) is 0 Å². The van der Waals surface area contributed by atoms with E-state index in [9.17, 15) is 9.59 Å². The van der Waals surface area contributed by atoms with Crippen LogP contribution in [0.4, 0.5) is 0 Å². The van der Waals surface area contributed by atoms with Crippen LogP contribution in [0.15, 0.2) is 12.7 Å². The van der Waals surface area contributed by atoms with Gasteiger partial charge in [0.1, 0.15) is 0 Å². The molecule has 0 saturated heterocycles. The minimum absolute atomic E-state index is 0.198. The first-order valence-electron chi connectivity index (χ1n) is 4.51. The Kier molecular flexibility index (Phi) is 19.2. The largest absolute Gasteiger partial charge is 0.481 e. The van der Waals surface area contributed by atoms with Gasteiger partial charge in [-0.3, -0.25) is 14.4 Å². The maximum absolute atomic E-state index is 9.71. The molecule has 0 aromatic heterocycles. The Labute approximate surface area is 94.2 Å². The smallest absolute Gasteiger partial charge is 0.303 e. The lowest BCUT2D eigenvalue weighted by Gasteiger charge is -1.82. The van der Waals surface area contributed by atoms with Crippen molar-refractivity contribution in [1.82, 2.24) is 0 Å². The first-order valence-corrected chi connectivity index (χ1v) is 4.51. The van der Waals surface area contributed by atoms with Crippen LogP contribution in [-0.2, 0) is 14.4 Å². The van der Waals surface area contributed by atoms with Gasteiger partial charge in [-0.05, 0) is 6.42 Å². The lowest BCUT2D eigenvalue weighted by atomic mass is 10.3. The van der Waals surface area contributed by atoms with Crippen molar-refractivity contribution in [3.63, 3.8) is 0 Å². The third-order valence-electron chi connectivity index (χ3n) is 0.865. The third kappa shape index (κ3) is 87.7. The number of allylic oxidation sites excluding steroid dienone is 1. The van der Waals surface area contributed by atoms with Crippen LogP contribution in [-0.4, -0.2) is 33.2 Å². The number of hydrogen-bond acceptors (Lipinski definition) is 3. The number of carboxylic acid groups (broad SMARTS) is 3. The van der Waals surface area contributed by atoms with Crippen molar-refractivity contribution in [2.45, 2.75) is 33.1 Å². The van der Waals surface area contributed by atoms with Crippen LogP contribution in [0.1, 0.15) is 33.1 Å². The molecule has 0 atom stereocenters. The van der Waals surface area contributed by atoms with Gasteiger partial charge in [0.25, 0.3) is 5.97 Å². The molecule has 0 saturated carbocycles. The van der Waals surface area contributed by atoms with Crippen molar-refractivity contribution in [2.24, 2.45) is 0 Å². The first kappa shape index (κ1) is 19.7. The molecule has 0 aromatic carbocycles. The highest BCUT2D eigenvalue weighted by atomic mass is 16.4. The highest BCUT2D eigenvalue weighted by molar-refractivity contribution is 5.66. The predicted octanol–water partition coefficient (Wildman–Crippen LogP) is 1.61. The van der Waals surface area contributed by atoms with Crippen molar-refractivity contribution >= 4 is 17.9 Å². The molecular weight excluding hydrogens is 216 g/mol. The van der Waals surface area contributed by atoms with Crippen molar-refractivity contribution in [1.29, 1.82) is 0 Å². The van der Waals surface area contributed by atoms with E-state index in [0.717, 1.165) is 6.92 Å². The average molecular weight is 234 g/mol. The van der Waals surface area contributed by atoms with Gasteiger partial charge < -0.3 is 15.3 Å². The Morgan fingerprint density at radius 2 is 1.44 bits per heavy atom. The SMILES string of the molecule is C=CCCC(=O)O.CC(=O)O.CCC(=O)O. The van der Waals surface area contributed by atoms with Gasteiger partial charge in [0.15, 0.2) is 0 Å². The van der Waals surface area contributed by atoms with Gasteiger partial charge in [-0.15, -0.1) is 6.58 Å². The van der Waals surface area contributed by atoms with Gasteiger partial charge in [0.05, 0.1) is 0 Å². The summed E-state index contributed by atoms with van der Waals surface area (Å²) in [5, 5.41) is 23.1. The molecule has 0 bridgehead atoms. The molecule has 0 heterocycles. The Morgan fingerprint density at radius 3 is 1.50 bits per heavy atom. The summed E-state index contributed by atoms with van der Waals surface area (Å²) in [4.78, 5) is 28.1. The summed E-state index contributed by atoms with van der Waals surface area (Å²) >= 11 is 0. The van der Waals surface area contributed by atoms with E-state index in [4.69, 9.17) is 20.1 Å². The highest BCUT2D eigenvalue weighted by Gasteiger charge is 1.89. The molecule has 6 heteroatoms. The summed E-state index contributed by atoms with van der Waals surface area (Å²) in [6, 6.07) is 0. The van der Waals surface area contributed by atoms with Gasteiger partial charge >= 0.3 is 11.9 Å². The zero-order valence-corrected chi connectivity index (χ0v) is 9.47. The van der Waals surface area contributed by atoms with Crippen LogP contribution in [0.25, 0.3) is 0 Å². The van der Waals surface area contributed by atoms with E-state index in [1.165, 1.54) is 0 Å². The molecule has 6 nitrogen and oxygen atoms in total. The molecule has 16 heavy (non-hydrogen) atoms. The molecule has 3 N–H and O–H groups in total. The van der Waals surface area contributed by atoms with E-state index in [1.54, 1.807) is 13.0 Å². The number of hydrogen-bond donors (Lipinski definition) is 3. The van der Waals surface area contributed by atoms with Crippen LogP contribution in [0.5, 0.6) is 0 Å². The van der Waals surface area contributed by atoms with Gasteiger partial charge in [0, 0.05) is 19.8 Å². The number of aliphatic carboxylic acids is 3. The molecule has 0 aliphatic heterocycles. The van der Waals surface area contributed by atoms with E-state index < -0.39 is 17.9 Å². The van der Waals surface area contributed by atoms with Gasteiger partial charge in [-0.1, -0.05) is 13.0 Å². The monoisotopic (exact) mass is 234 g/mol. The van der Waals surface area contributed by atoms with Crippen molar-refractivity contribution in [2.75, 3.05) is 0 Å². The maximum Gasteiger partial charge on any atom is 0.303 e. The molecule has 0 fully saturated rings. The summed E-state index contributed by atoms with van der Waals surface area (Å²) in [5.41, 5.74) is 0. The van der Waals surface area contributed by atoms with E-state index in [2.05, 4.69) is 6.58 Å². The predicted molar refractivity (Wildman–Crippen MR) is 58.3 cm³/mol. The minimum atomic E-state index is -0.833. The fourth-order valence-electron chi connectivity index (χ4n) is 0.226. The molecule has 0 aromatic rings. The van der Waals surface area contributed by atoms with Crippen LogP contribution in [0, 0.1) is 0 Å². The second-order valence-corrected chi connectivity index (χ2v) is 2.49. The Morgan fingerprint density at radius 1 is 1.12 bits per heavy atom. The summed E-state index contributed by atoms with van der Waals surface area (Å²) < 4.78 is 0. The molecule has 0 spiro atoms. The zero-order valence-electron chi connectivity index (χ0n) is 9.47. The fourth-order valence-corrected chi connectivity index (χ4v) is 0.226. The van der Waals surface area contributed by atoms with E-state index in [-0.39, 0.29) is 12.8 Å². The molecule has 0 amide bonds. The van der Waals surface area contributed by atoms with Crippen LogP contribution >= 0.6 is 0 Å². The zero-order chi connectivity index (χ0) is 13.6. The van der Waals surface area contributed by atoms with Crippen LogP contribution in [0.2, 0.25) is 0 Å². The van der Waals surface area contributed by atoms with Gasteiger partial charge in [0.2, 0.25) is 0 Å². The van der Waals surface area contributed by atoms with E-state index >= 15 is 0 Å². The standard InChI is InChI=1S/C5H8O2.C3H6O2.C2H4O2/c1-2-3-4-5(6)7;1-2-3(4)5;1-2(3)4/h2H,1,3-4H2,(H,6,7);2H2,1H3,(H,4,5);1H3,(H,3,4). The number of rotatable bonds is 4. The lowest BCUT2D eigenvalue weighted by Crippen LogP contribution is -1.90. The molecular formula is C10H18O6. The minimum Gasteiger partial charge on any atom is -0.481 e. The van der Waals surface area contributed by atoms with E-state index in [1.807, 2.05) is 0 Å². The van der Waals surface area contributed by atoms with Crippen molar-refractivity contribution in [3.05, 3.63) is 12.7 Å². The molecule has 0 aliphatic carbocycles. The number of carbonyl (C=O) groups is 3. The molecule has 0 rings (SSSR count). The fraction of sp³-hybridized carbons (Fsp3) is 0.500. The summed E-state index contributed by atoms with van der Waals surface area (Å²) in [7, 11) is 0. The van der Waals surface area contributed by atoms with Crippen LogP contribution < -0.4 is 0 Å². The Bertz CT molecular complexity index is 217. The lowest BCUT2D eigenvalue weighted by molar-refractivity contribution is -0.137. The Balaban J connectivity index is -0.000000166. The quantitative estimate of drug-likeness (QED) is 0.637. The average Bonchev–Trinajstić information content (AvgIpc) is 2.14. The van der Waals surface area contributed by atoms with Crippen molar-refractivity contribution < 1.29 is 29.7 Å². The third-order valence-corrected chi connectivity index (χ3v) is 0.865. The van der Waals surface area contributed by atoms with E-state index in [0.29, 0.717) is 6.42 Å². The van der Waals surface area contributed by atoms with Crippen LogP contribution in [0.3, 0.4) is 0 Å². The molecule has 94 valence electrons. The van der Waals surface area contributed by atoms with Gasteiger partial charge in [-0.2, -0.15) is 0 Å². The second kappa shape index (κ2) is 15.6. The first-order chi connectivity index (χ1) is 7.27. The second-order valence-electron chi connectivity index (χ2n) is 2.49. The molecule has 0 unspecified atom stereocenters. The summed E-state index contributed by atoms with van der Waals surface area (Å²) in [6.45, 7) is 6.05. The summed E-state index contributed by atoms with van der Waals surface area (Å²) in [5.74, 6) is -2.34. The topological polar surface area (TPSA) is 112 Å². The maximum atomic E-state index is 9.71. The molecule has 0 radical (unpaired) electrons. The highest BCUT2D eigenvalue weighted by Crippen LogP contribution is 1.86. The van der Waals surface area contributed by atoms with Gasteiger partial charge in [-0.25, -0.2) is 0 Å². The molecule has 0 aliphatic rings. The summed E-state index contributed by atoms with van der Waals surface area (Å²) in [6.07, 6.45) is 2.58. The number of carboxylic acids is 3. The normalized spacial score (nSPS) is 7.38. The Hall–Kier alpha value is -1.85.